The van der Waals surface area contributed by atoms with E-state index >= 15 is 0 Å². The van der Waals surface area contributed by atoms with Gasteiger partial charge in [0.1, 0.15) is 22.3 Å². The summed E-state index contributed by atoms with van der Waals surface area (Å²) >= 11 is 1.17. The number of carbonyl (C=O) groups excluding carboxylic acids is 2. The van der Waals surface area contributed by atoms with Gasteiger partial charge in [-0.2, -0.15) is 0 Å². The summed E-state index contributed by atoms with van der Waals surface area (Å²) in [6.45, 7) is 4.34. The Balaban J connectivity index is 1.86. The minimum absolute atomic E-state index is 0.106. The van der Waals surface area contributed by atoms with Crippen LogP contribution in [0.5, 0.6) is 5.75 Å². The Morgan fingerprint density at radius 2 is 1.94 bits per heavy atom. The van der Waals surface area contributed by atoms with E-state index in [9.17, 15) is 19.1 Å². The normalized spacial score (nSPS) is 17.5. The van der Waals surface area contributed by atoms with Gasteiger partial charge < -0.3 is 9.84 Å². The van der Waals surface area contributed by atoms with Crippen molar-refractivity contribution in [2.45, 2.75) is 32.7 Å². The predicted molar refractivity (Wildman–Crippen MR) is 123 cm³/mol. The van der Waals surface area contributed by atoms with Crippen molar-refractivity contribution in [1.29, 1.82) is 0 Å². The number of aromatic nitrogens is 2. The topological polar surface area (TPSA) is 92.6 Å². The molecule has 33 heavy (non-hydrogen) atoms. The molecule has 0 saturated carbocycles. The molecule has 0 spiro atoms. The Hall–Kier alpha value is -3.59. The molecule has 1 aromatic heterocycles. The number of Topliss-reactive ketones (excluding diaryl/α,β-unsaturated/α-hetero) is 1. The molecule has 0 radical (unpaired) electrons. The molecule has 0 bridgehead atoms. The second-order valence-electron chi connectivity index (χ2n) is 7.55. The maximum atomic E-state index is 13.4. The van der Waals surface area contributed by atoms with Crippen LogP contribution in [0.25, 0.3) is 5.76 Å². The van der Waals surface area contributed by atoms with Crippen LogP contribution in [0.4, 0.5) is 9.52 Å². The lowest BCUT2D eigenvalue weighted by atomic mass is 9.95. The number of halogens is 1. The number of benzene rings is 2. The van der Waals surface area contributed by atoms with Gasteiger partial charge in [0.25, 0.3) is 5.78 Å². The molecular weight excluding hydrogens is 445 g/mol. The van der Waals surface area contributed by atoms with Crippen molar-refractivity contribution in [3.05, 3.63) is 76.1 Å². The lowest BCUT2D eigenvalue weighted by Crippen LogP contribution is -2.29. The standard InChI is InChI=1S/C24H22FN3O4S/c1-3-4-12-32-18-7-5-6-16(13-18)20-19(21(29)15-8-10-17(25)11-9-15)22(30)23(31)28(20)24-27-26-14(2)33-24/h5-11,13,20,29H,3-4,12H2,1-2H3/b21-19+. The van der Waals surface area contributed by atoms with Gasteiger partial charge in [0, 0.05) is 5.56 Å². The van der Waals surface area contributed by atoms with Crippen LogP contribution in [-0.4, -0.2) is 33.6 Å². The Kier molecular flexibility index (Phi) is 6.50. The van der Waals surface area contributed by atoms with Gasteiger partial charge in [0.2, 0.25) is 5.13 Å². The summed E-state index contributed by atoms with van der Waals surface area (Å²) in [5, 5.41) is 19.9. The van der Waals surface area contributed by atoms with Crippen LogP contribution in [0.2, 0.25) is 0 Å². The van der Waals surface area contributed by atoms with Gasteiger partial charge in [-0.25, -0.2) is 4.39 Å². The van der Waals surface area contributed by atoms with Crippen LogP contribution < -0.4 is 9.64 Å². The maximum Gasteiger partial charge on any atom is 0.301 e. The second kappa shape index (κ2) is 9.50. The van der Waals surface area contributed by atoms with E-state index in [4.69, 9.17) is 4.74 Å². The van der Waals surface area contributed by atoms with Crippen molar-refractivity contribution >= 4 is 33.9 Å². The molecule has 4 rings (SSSR count). The molecule has 1 unspecified atom stereocenters. The van der Waals surface area contributed by atoms with Crippen molar-refractivity contribution in [3.8, 4) is 5.75 Å². The van der Waals surface area contributed by atoms with E-state index in [-0.39, 0.29) is 22.0 Å². The SMILES string of the molecule is CCCCOc1cccc(C2/C(=C(\O)c3ccc(F)cc3)C(=O)C(=O)N2c2nnc(C)s2)c1. The van der Waals surface area contributed by atoms with Gasteiger partial charge in [-0.05, 0) is 55.3 Å². The van der Waals surface area contributed by atoms with E-state index < -0.39 is 23.5 Å². The highest BCUT2D eigenvalue weighted by molar-refractivity contribution is 7.15. The second-order valence-corrected chi connectivity index (χ2v) is 8.71. The fourth-order valence-corrected chi connectivity index (χ4v) is 4.31. The Morgan fingerprint density at radius 3 is 2.61 bits per heavy atom. The minimum atomic E-state index is -0.947. The average molecular weight is 468 g/mol. The summed E-state index contributed by atoms with van der Waals surface area (Å²) < 4.78 is 19.2. The van der Waals surface area contributed by atoms with Crippen molar-refractivity contribution in [3.63, 3.8) is 0 Å². The molecule has 1 aliphatic heterocycles. The molecule has 1 N–H and O–H groups in total. The van der Waals surface area contributed by atoms with Crippen molar-refractivity contribution < 1.29 is 23.8 Å². The summed E-state index contributed by atoms with van der Waals surface area (Å²) in [6, 6.07) is 11.2. The smallest absolute Gasteiger partial charge is 0.301 e. The maximum absolute atomic E-state index is 13.4. The average Bonchev–Trinajstić information content (AvgIpc) is 3.35. The van der Waals surface area contributed by atoms with Gasteiger partial charge in [-0.15, -0.1) is 10.2 Å². The van der Waals surface area contributed by atoms with E-state index in [1.807, 2.05) is 0 Å². The van der Waals surface area contributed by atoms with Crippen molar-refractivity contribution in [1.82, 2.24) is 10.2 Å². The third kappa shape index (κ3) is 4.49. The number of carbonyl (C=O) groups is 2. The molecule has 1 fully saturated rings. The lowest BCUT2D eigenvalue weighted by molar-refractivity contribution is -0.132. The Morgan fingerprint density at radius 1 is 1.18 bits per heavy atom. The van der Waals surface area contributed by atoms with E-state index in [0.717, 1.165) is 12.8 Å². The van der Waals surface area contributed by atoms with Crippen LogP contribution in [0.15, 0.2) is 54.1 Å². The molecule has 1 saturated heterocycles. The molecule has 170 valence electrons. The van der Waals surface area contributed by atoms with E-state index in [1.165, 1.54) is 40.5 Å². The summed E-state index contributed by atoms with van der Waals surface area (Å²) in [6.07, 6.45) is 1.87. The molecule has 0 aliphatic carbocycles. The third-order valence-corrected chi connectivity index (χ3v) is 6.06. The van der Waals surface area contributed by atoms with E-state index in [0.29, 0.717) is 22.9 Å². The lowest BCUT2D eigenvalue weighted by Gasteiger charge is -2.23. The summed E-state index contributed by atoms with van der Waals surface area (Å²) in [5.41, 5.74) is 0.688. The highest BCUT2D eigenvalue weighted by Crippen LogP contribution is 2.43. The first-order valence-corrected chi connectivity index (χ1v) is 11.3. The van der Waals surface area contributed by atoms with Crippen molar-refractivity contribution in [2.24, 2.45) is 0 Å². The van der Waals surface area contributed by atoms with Gasteiger partial charge >= 0.3 is 5.91 Å². The number of amides is 1. The first-order chi connectivity index (χ1) is 15.9. The highest BCUT2D eigenvalue weighted by Gasteiger charge is 2.48. The first kappa shape index (κ1) is 22.6. The number of aryl methyl sites for hydroxylation is 1. The van der Waals surface area contributed by atoms with Crippen LogP contribution in [0, 0.1) is 12.7 Å². The van der Waals surface area contributed by atoms with Crippen LogP contribution in [0.1, 0.15) is 41.9 Å². The molecule has 2 heterocycles. The number of unbranched alkanes of at least 4 members (excludes halogenated alkanes) is 1. The monoisotopic (exact) mass is 467 g/mol. The molecule has 9 heteroatoms. The molecular formula is C24H22FN3O4S. The first-order valence-electron chi connectivity index (χ1n) is 10.5. The number of ether oxygens (including phenoxy) is 1. The largest absolute Gasteiger partial charge is 0.507 e. The summed E-state index contributed by atoms with van der Waals surface area (Å²) in [4.78, 5) is 27.4. The van der Waals surface area contributed by atoms with Gasteiger partial charge in [-0.1, -0.05) is 36.8 Å². The number of aliphatic hydroxyl groups excluding tert-OH is 1. The zero-order chi connectivity index (χ0) is 23.5. The fourth-order valence-electron chi connectivity index (χ4n) is 3.60. The van der Waals surface area contributed by atoms with Gasteiger partial charge in [-0.3, -0.25) is 14.5 Å². The molecule has 7 nitrogen and oxygen atoms in total. The molecule has 2 aromatic carbocycles. The number of nitrogens with zero attached hydrogens (tertiary/aromatic N) is 3. The number of aliphatic hydroxyl groups is 1. The van der Waals surface area contributed by atoms with Crippen molar-refractivity contribution in [2.75, 3.05) is 11.5 Å². The van der Waals surface area contributed by atoms with Gasteiger partial charge in [0.05, 0.1) is 18.2 Å². The predicted octanol–water partition coefficient (Wildman–Crippen LogP) is 4.79. The zero-order valence-corrected chi connectivity index (χ0v) is 18.9. The zero-order valence-electron chi connectivity index (χ0n) is 18.1. The molecule has 1 aliphatic rings. The summed E-state index contributed by atoms with van der Waals surface area (Å²) in [7, 11) is 0. The minimum Gasteiger partial charge on any atom is -0.507 e. The molecule has 1 amide bonds. The highest BCUT2D eigenvalue weighted by atomic mass is 32.1. The number of hydrogen-bond acceptors (Lipinski definition) is 7. The van der Waals surface area contributed by atoms with E-state index in [2.05, 4.69) is 17.1 Å². The number of hydrogen-bond donors (Lipinski definition) is 1. The van der Waals surface area contributed by atoms with Crippen LogP contribution in [0.3, 0.4) is 0 Å². The third-order valence-electron chi connectivity index (χ3n) is 5.22. The number of ketones is 1. The Bertz CT molecular complexity index is 1220. The number of anilines is 1. The summed E-state index contributed by atoms with van der Waals surface area (Å²) in [5.74, 6) is -1.96. The Labute approximate surface area is 194 Å². The molecule has 3 aromatic rings. The van der Waals surface area contributed by atoms with Crippen LogP contribution >= 0.6 is 11.3 Å². The fraction of sp³-hybridized carbons (Fsp3) is 0.250. The van der Waals surface area contributed by atoms with Crippen LogP contribution in [-0.2, 0) is 9.59 Å². The number of rotatable bonds is 7. The quantitative estimate of drug-likeness (QED) is 0.232. The molecule has 1 atom stereocenters. The van der Waals surface area contributed by atoms with E-state index in [1.54, 1.807) is 31.2 Å². The van der Waals surface area contributed by atoms with Gasteiger partial charge in [0.15, 0.2) is 0 Å².